The van der Waals surface area contributed by atoms with Crippen LogP contribution < -0.4 is 0 Å². The van der Waals surface area contributed by atoms with E-state index in [0.29, 0.717) is 10.7 Å². The van der Waals surface area contributed by atoms with Gasteiger partial charge in [0.25, 0.3) is 0 Å². The minimum atomic E-state index is -4.48. The molecule has 2 aromatic carbocycles. The van der Waals surface area contributed by atoms with Gasteiger partial charge in [-0.3, -0.25) is 0 Å². The van der Waals surface area contributed by atoms with Crippen LogP contribution in [0.4, 0.5) is 13.2 Å². The quantitative estimate of drug-likeness (QED) is 0.274. The molecule has 0 radical (unpaired) electrons. The molecule has 1 N–H and O–H groups in total. The molecule has 0 spiro atoms. The van der Waals surface area contributed by atoms with Gasteiger partial charge in [-0.2, -0.15) is 18.4 Å². The molecule has 0 fully saturated rings. The number of aliphatic hydroxyl groups excluding tert-OH is 1. The highest BCUT2D eigenvalue weighted by Gasteiger charge is 2.30. The van der Waals surface area contributed by atoms with Gasteiger partial charge in [0.05, 0.1) is 11.3 Å². The molecule has 0 atom stereocenters. The number of hydrogen-bond acceptors (Lipinski definition) is 5. The maximum atomic E-state index is 13.0. The summed E-state index contributed by atoms with van der Waals surface area (Å²) in [7, 11) is 0. The van der Waals surface area contributed by atoms with Crippen LogP contribution in [0.2, 0.25) is 0 Å². The van der Waals surface area contributed by atoms with Crippen LogP contribution in [-0.2, 0) is 6.18 Å². The van der Waals surface area contributed by atoms with Gasteiger partial charge in [-0.15, -0.1) is 11.3 Å². The van der Waals surface area contributed by atoms with E-state index in [1.807, 2.05) is 36.4 Å². The number of allylic oxidation sites excluding steroid dienone is 1. The number of rotatable bonds is 4. The molecular formula is C23H13F3N2O2S. The topological polar surface area (TPSA) is 70.0 Å². The maximum Gasteiger partial charge on any atom is 0.416 e. The summed E-state index contributed by atoms with van der Waals surface area (Å²) in [5.41, 5.74) is 0.832. The van der Waals surface area contributed by atoms with Crippen LogP contribution >= 0.6 is 11.3 Å². The third-order valence-corrected chi connectivity index (χ3v) is 5.31. The van der Waals surface area contributed by atoms with Crippen molar-refractivity contribution in [1.82, 2.24) is 4.98 Å². The van der Waals surface area contributed by atoms with Crippen molar-refractivity contribution in [3.63, 3.8) is 0 Å². The van der Waals surface area contributed by atoms with Crippen molar-refractivity contribution in [2.45, 2.75) is 6.18 Å². The molecule has 0 amide bonds. The van der Waals surface area contributed by atoms with Gasteiger partial charge in [0.1, 0.15) is 22.4 Å². The third kappa shape index (κ3) is 4.22. The number of benzene rings is 2. The van der Waals surface area contributed by atoms with Gasteiger partial charge in [0.15, 0.2) is 11.5 Å². The number of hydrogen-bond donors (Lipinski definition) is 1. The first kappa shape index (κ1) is 20.4. The van der Waals surface area contributed by atoms with Crippen molar-refractivity contribution in [2.24, 2.45) is 0 Å². The smallest absolute Gasteiger partial charge is 0.416 e. The molecule has 0 aliphatic rings. The van der Waals surface area contributed by atoms with Crippen LogP contribution in [0, 0.1) is 11.3 Å². The van der Waals surface area contributed by atoms with Crippen molar-refractivity contribution >= 4 is 22.7 Å². The summed E-state index contributed by atoms with van der Waals surface area (Å²) in [5, 5.41) is 22.3. The first-order valence-electron chi connectivity index (χ1n) is 8.99. The van der Waals surface area contributed by atoms with E-state index in [1.54, 1.807) is 5.38 Å². The molecule has 2 aromatic heterocycles. The zero-order chi connectivity index (χ0) is 22.0. The second-order valence-electron chi connectivity index (χ2n) is 6.48. The molecule has 0 aliphatic carbocycles. The standard InChI is InChI=1S/C23H13F3N2O2S/c24-23(25,26)16-8-4-7-15(11-16)19-9-10-20(30-19)21(29)17(12-27)22-28-18(13-31-22)14-5-2-1-3-6-14/h1-11,13,29H. The predicted octanol–water partition coefficient (Wildman–Crippen LogP) is 7.04. The summed E-state index contributed by atoms with van der Waals surface area (Å²) < 4.78 is 44.4. The van der Waals surface area contributed by atoms with Gasteiger partial charge in [-0.05, 0) is 24.3 Å². The van der Waals surface area contributed by atoms with E-state index in [4.69, 9.17) is 4.42 Å². The number of aromatic nitrogens is 1. The number of alkyl halides is 3. The lowest BCUT2D eigenvalue weighted by atomic mass is 10.1. The van der Waals surface area contributed by atoms with E-state index in [2.05, 4.69) is 4.98 Å². The molecule has 31 heavy (non-hydrogen) atoms. The molecular weight excluding hydrogens is 425 g/mol. The van der Waals surface area contributed by atoms with Gasteiger partial charge >= 0.3 is 6.18 Å². The van der Waals surface area contributed by atoms with Gasteiger partial charge in [-0.1, -0.05) is 42.5 Å². The summed E-state index contributed by atoms with van der Waals surface area (Å²) in [6.07, 6.45) is -4.48. The first-order chi connectivity index (χ1) is 14.9. The maximum absolute atomic E-state index is 13.0. The lowest BCUT2D eigenvalue weighted by Gasteiger charge is -2.07. The molecule has 4 rings (SSSR count). The van der Waals surface area contributed by atoms with Crippen LogP contribution in [0.5, 0.6) is 0 Å². The fraction of sp³-hybridized carbons (Fsp3) is 0.0435. The van der Waals surface area contributed by atoms with Gasteiger partial charge in [0.2, 0.25) is 0 Å². The van der Waals surface area contributed by atoms with E-state index in [9.17, 15) is 23.5 Å². The number of nitrogens with zero attached hydrogens (tertiary/aromatic N) is 2. The fourth-order valence-corrected chi connectivity index (χ4v) is 3.75. The number of furan rings is 1. The molecule has 2 heterocycles. The van der Waals surface area contributed by atoms with Crippen LogP contribution in [0.15, 0.2) is 76.5 Å². The lowest BCUT2D eigenvalue weighted by molar-refractivity contribution is -0.137. The molecule has 4 nitrogen and oxygen atoms in total. The summed E-state index contributed by atoms with van der Waals surface area (Å²) in [6.45, 7) is 0. The summed E-state index contributed by atoms with van der Waals surface area (Å²) in [5.74, 6) is -0.343. The van der Waals surface area contributed by atoms with Gasteiger partial charge in [0, 0.05) is 16.5 Å². The predicted molar refractivity (Wildman–Crippen MR) is 112 cm³/mol. The number of thiazole rings is 1. The molecule has 154 valence electrons. The second-order valence-corrected chi connectivity index (χ2v) is 7.34. The van der Waals surface area contributed by atoms with Crippen LogP contribution in [-0.4, -0.2) is 10.1 Å². The monoisotopic (exact) mass is 438 g/mol. The zero-order valence-corrected chi connectivity index (χ0v) is 16.5. The Labute approximate surface area is 179 Å². The van der Waals surface area contributed by atoms with E-state index < -0.39 is 17.5 Å². The normalized spacial score (nSPS) is 12.3. The first-order valence-corrected chi connectivity index (χ1v) is 9.87. The highest BCUT2D eigenvalue weighted by atomic mass is 32.1. The van der Waals surface area contributed by atoms with Crippen LogP contribution in [0.3, 0.4) is 0 Å². The Morgan fingerprint density at radius 1 is 1.00 bits per heavy atom. The van der Waals surface area contributed by atoms with Crippen molar-refractivity contribution in [2.75, 3.05) is 0 Å². The fourth-order valence-electron chi connectivity index (χ4n) is 2.92. The Balaban J connectivity index is 1.68. The average Bonchev–Trinajstić information content (AvgIpc) is 3.45. The summed E-state index contributed by atoms with van der Waals surface area (Å²) in [4.78, 5) is 4.41. The van der Waals surface area contributed by atoms with E-state index >= 15 is 0 Å². The molecule has 0 saturated carbocycles. The lowest BCUT2D eigenvalue weighted by Crippen LogP contribution is -2.04. The summed E-state index contributed by atoms with van der Waals surface area (Å²) in [6, 6.07) is 18.8. The van der Waals surface area contributed by atoms with E-state index in [-0.39, 0.29) is 22.7 Å². The van der Waals surface area contributed by atoms with Crippen molar-refractivity contribution < 1.29 is 22.7 Å². The molecule has 0 bridgehead atoms. The van der Waals surface area contributed by atoms with Crippen molar-refractivity contribution in [1.29, 1.82) is 5.26 Å². The van der Waals surface area contributed by atoms with E-state index in [0.717, 1.165) is 17.7 Å². The Bertz CT molecular complexity index is 1300. The Kier molecular flexibility index (Phi) is 5.36. The third-order valence-electron chi connectivity index (χ3n) is 4.45. The van der Waals surface area contributed by atoms with E-state index in [1.165, 1.54) is 35.6 Å². The Hall–Kier alpha value is -3.83. The van der Waals surface area contributed by atoms with Crippen molar-refractivity contribution in [3.05, 3.63) is 88.4 Å². The SMILES string of the molecule is N#CC(=C(O)c1ccc(-c2cccc(C(F)(F)F)c2)o1)c1nc(-c2ccccc2)cs1. The van der Waals surface area contributed by atoms with Gasteiger partial charge in [-0.25, -0.2) is 4.98 Å². The largest absolute Gasteiger partial charge is 0.503 e. The molecule has 0 aliphatic heterocycles. The zero-order valence-electron chi connectivity index (χ0n) is 15.7. The molecule has 8 heteroatoms. The van der Waals surface area contributed by atoms with Crippen LogP contribution in [0.25, 0.3) is 33.9 Å². The molecule has 0 unspecified atom stereocenters. The minimum absolute atomic E-state index is 0.0413. The second kappa shape index (κ2) is 8.13. The molecule has 0 saturated heterocycles. The summed E-state index contributed by atoms with van der Waals surface area (Å²) >= 11 is 1.19. The number of aliphatic hydroxyl groups is 1. The number of nitriles is 1. The number of halogens is 3. The minimum Gasteiger partial charge on any atom is -0.503 e. The highest BCUT2D eigenvalue weighted by molar-refractivity contribution is 7.11. The Morgan fingerprint density at radius 3 is 2.45 bits per heavy atom. The average molecular weight is 438 g/mol. The van der Waals surface area contributed by atoms with Crippen LogP contribution in [0.1, 0.15) is 16.3 Å². The Morgan fingerprint density at radius 2 is 1.74 bits per heavy atom. The highest BCUT2D eigenvalue weighted by Crippen LogP contribution is 2.35. The van der Waals surface area contributed by atoms with Gasteiger partial charge < -0.3 is 9.52 Å². The van der Waals surface area contributed by atoms with Crippen molar-refractivity contribution in [3.8, 4) is 28.7 Å². The molecule has 4 aromatic rings.